The first-order valence-electron chi connectivity index (χ1n) is 4.98. The van der Waals surface area contributed by atoms with Gasteiger partial charge >= 0.3 is 0 Å². The van der Waals surface area contributed by atoms with Crippen LogP contribution in [0.15, 0.2) is 12.1 Å². The molecule has 0 radical (unpaired) electrons. The van der Waals surface area contributed by atoms with Gasteiger partial charge in [-0.15, -0.1) is 0 Å². The summed E-state index contributed by atoms with van der Waals surface area (Å²) < 4.78 is 26.3. The van der Waals surface area contributed by atoms with Crippen LogP contribution in [-0.4, -0.2) is 15.5 Å². The van der Waals surface area contributed by atoms with E-state index in [4.69, 9.17) is 5.73 Å². The summed E-state index contributed by atoms with van der Waals surface area (Å²) in [5.41, 5.74) is 5.90. The summed E-state index contributed by atoms with van der Waals surface area (Å²) in [6.45, 7) is 3.69. The monoisotopic (exact) mass is 225 g/mol. The third-order valence-corrected chi connectivity index (χ3v) is 2.22. The molecule has 0 bridgehead atoms. The molecule has 3 N–H and O–H groups in total. The summed E-state index contributed by atoms with van der Waals surface area (Å²) in [4.78, 5) is 6.93. The molecule has 0 amide bonds. The largest absolute Gasteiger partial charge is 0.342 e. The molecule has 0 spiro atoms. The predicted molar refractivity (Wildman–Crippen MR) is 58.0 cm³/mol. The van der Waals surface area contributed by atoms with Crippen LogP contribution in [0.2, 0.25) is 0 Å². The Hall–Kier alpha value is -1.49. The third-order valence-electron chi connectivity index (χ3n) is 2.22. The molecule has 1 aromatic heterocycles. The van der Waals surface area contributed by atoms with Gasteiger partial charge in [-0.3, -0.25) is 0 Å². The van der Waals surface area contributed by atoms with Gasteiger partial charge in [0.05, 0.1) is 5.52 Å². The second kappa shape index (κ2) is 3.52. The highest BCUT2D eigenvalue weighted by atomic mass is 19.2. The maximum atomic E-state index is 13.4. The van der Waals surface area contributed by atoms with Crippen molar-refractivity contribution >= 4 is 11.0 Å². The molecule has 0 aliphatic rings. The van der Waals surface area contributed by atoms with Gasteiger partial charge in [-0.2, -0.15) is 0 Å². The lowest BCUT2D eigenvalue weighted by Gasteiger charge is -2.15. The van der Waals surface area contributed by atoms with Crippen LogP contribution in [0.3, 0.4) is 0 Å². The molecule has 1 aromatic carbocycles. The van der Waals surface area contributed by atoms with Gasteiger partial charge in [0.1, 0.15) is 11.3 Å². The van der Waals surface area contributed by atoms with Crippen molar-refractivity contribution in [3.05, 3.63) is 29.6 Å². The highest BCUT2D eigenvalue weighted by Crippen LogP contribution is 2.19. The van der Waals surface area contributed by atoms with Crippen LogP contribution < -0.4 is 5.73 Å². The molecule has 3 nitrogen and oxygen atoms in total. The predicted octanol–water partition coefficient (Wildman–Crippen LogP) is 2.12. The van der Waals surface area contributed by atoms with Crippen LogP contribution in [0.5, 0.6) is 0 Å². The Labute approximate surface area is 91.7 Å². The number of nitrogens with one attached hydrogen (secondary N) is 1. The molecule has 0 atom stereocenters. The molecule has 0 aliphatic heterocycles. The van der Waals surface area contributed by atoms with Gasteiger partial charge in [0.15, 0.2) is 11.6 Å². The molecule has 2 rings (SSSR count). The lowest BCUT2D eigenvalue weighted by atomic mass is 10.0. The second-order valence-electron chi connectivity index (χ2n) is 4.61. The lowest BCUT2D eigenvalue weighted by Crippen LogP contribution is -2.34. The molecule has 2 aromatic rings. The molecule has 0 fully saturated rings. The van der Waals surface area contributed by atoms with Crippen LogP contribution >= 0.6 is 0 Å². The zero-order valence-electron chi connectivity index (χ0n) is 9.14. The van der Waals surface area contributed by atoms with Crippen LogP contribution in [0.1, 0.15) is 19.7 Å². The van der Waals surface area contributed by atoms with Crippen LogP contribution in [0.25, 0.3) is 11.0 Å². The van der Waals surface area contributed by atoms with Crippen molar-refractivity contribution in [1.82, 2.24) is 9.97 Å². The minimum Gasteiger partial charge on any atom is -0.342 e. The number of H-pyrrole nitrogens is 1. The van der Waals surface area contributed by atoms with Gasteiger partial charge < -0.3 is 10.7 Å². The van der Waals surface area contributed by atoms with E-state index in [-0.39, 0.29) is 5.52 Å². The second-order valence-corrected chi connectivity index (χ2v) is 4.61. The summed E-state index contributed by atoms with van der Waals surface area (Å²) in [7, 11) is 0. The number of hydrogen-bond acceptors (Lipinski definition) is 2. The normalized spacial score (nSPS) is 12.3. The molecule has 16 heavy (non-hydrogen) atoms. The summed E-state index contributed by atoms with van der Waals surface area (Å²) >= 11 is 0. The molecule has 86 valence electrons. The van der Waals surface area contributed by atoms with Crippen molar-refractivity contribution in [3.8, 4) is 0 Å². The minimum absolute atomic E-state index is 0.0271. The number of aromatic amines is 1. The van der Waals surface area contributed by atoms with Crippen molar-refractivity contribution in [1.29, 1.82) is 0 Å². The maximum Gasteiger partial charge on any atom is 0.186 e. The van der Waals surface area contributed by atoms with E-state index in [1.54, 1.807) is 0 Å². The van der Waals surface area contributed by atoms with Crippen molar-refractivity contribution in [2.24, 2.45) is 5.73 Å². The van der Waals surface area contributed by atoms with E-state index < -0.39 is 17.2 Å². The minimum atomic E-state index is -0.921. The van der Waals surface area contributed by atoms with Gasteiger partial charge in [0.2, 0.25) is 0 Å². The van der Waals surface area contributed by atoms with E-state index in [2.05, 4.69) is 9.97 Å². The quantitative estimate of drug-likeness (QED) is 0.822. The zero-order chi connectivity index (χ0) is 11.9. The van der Waals surface area contributed by atoms with Crippen molar-refractivity contribution in [2.45, 2.75) is 25.8 Å². The Morgan fingerprint density at radius 1 is 1.38 bits per heavy atom. The number of benzene rings is 1. The highest BCUT2D eigenvalue weighted by Gasteiger charge is 2.17. The number of nitrogens with two attached hydrogens (primary N) is 1. The van der Waals surface area contributed by atoms with Gasteiger partial charge in [-0.1, -0.05) is 0 Å². The van der Waals surface area contributed by atoms with Crippen LogP contribution in [0, 0.1) is 11.6 Å². The fraction of sp³-hybridized carbons (Fsp3) is 0.364. The third kappa shape index (κ3) is 2.04. The van der Waals surface area contributed by atoms with Gasteiger partial charge in [0.25, 0.3) is 0 Å². The molecule has 5 heteroatoms. The molecular weight excluding hydrogens is 212 g/mol. The summed E-state index contributed by atoms with van der Waals surface area (Å²) in [6.07, 6.45) is 0.475. The molecule has 0 saturated heterocycles. The van der Waals surface area contributed by atoms with E-state index in [9.17, 15) is 8.78 Å². The maximum absolute atomic E-state index is 13.4. The fourth-order valence-electron chi connectivity index (χ4n) is 1.58. The Kier molecular flexibility index (Phi) is 2.42. The Bertz CT molecular complexity index is 526. The van der Waals surface area contributed by atoms with Crippen molar-refractivity contribution in [2.75, 3.05) is 0 Å². The lowest BCUT2D eigenvalue weighted by molar-refractivity contribution is 0.503. The molecule has 1 heterocycles. The number of nitrogens with zero attached hydrogens (tertiary/aromatic N) is 1. The highest BCUT2D eigenvalue weighted by molar-refractivity contribution is 5.75. The van der Waals surface area contributed by atoms with Crippen LogP contribution in [0.4, 0.5) is 8.78 Å². The molecule has 0 unspecified atom stereocenters. The zero-order valence-corrected chi connectivity index (χ0v) is 9.14. The average Bonchev–Trinajstić information content (AvgIpc) is 2.52. The van der Waals surface area contributed by atoms with Gasteiger partial charge in [-0.25, -0.2) is 13.8 Å². The smallest absolute Gasteiger partial charge is 0.186 e. The van der Waals surface area contributed by atoms with Crippen LogP contribution in [-0.2, 0) is 6.42 Å². The van der Waals surface area contributed by atoms with Gasteiger partial charge in [-0.05, 0) is 26.0 Å². The Balaban J connectivity index is 2.48. The topological polar surface area (TPSA) is 54.7 Å². The average molecular weight is 225 g/mol. The summed E-state index contributed by atoms with van der Waals surface area (Å²) in [6, 6.07) is 2.54. The van der Waals surface area contributed by atoms with Gasteiger partial charge in [0, 0.05) is 12.0 Å². The van der Waals surface area contributed by atoms with E-state index in [1.165, 1.54) is 6.07 Å². The Morgan fingerprint density at radius 2 is 2.06 bits per heavy atom. The first-order valence-corrected chi connectivity index (χ1v) is 4.98. The molecule has 0 saturated carbocycles. The van der Waals surface area contributed by atoms with Crippen molar-refractivity contribution in [3.63, 3.8) is 0 Å². The van der Waals surface area contributed by atoms with E-state index >= 15 is 0 Å². The number of aromatic nitrogens is 2. The molecule has 0 aliphatic carbocycles. The SMILES string of the molecule is CC(C)(N)Cc1nc2c(F)c(F)ccc2[nH]1. The number of hydrogen-bond donors (Lipinski definition) is 2. The number of fused-ring (bicyclic) bond motifs is 1. The first-order chi connectivity index (χ1) is 7.37. The summed E-state index contributed by atoms with van der Waals surface area (Å²) in [5, 5.41) is 0. The Morgan fingerprint density at radius 3 is 2.69 bits per heavy atom. The van der Waals surface area contributed by atoms with E-state index in [0.29, 0.717) is 17.8 Å². The fourth-order valence-corrected chi connectivity index (χ4v) is 1.58. The number of halogens is 2. The molecular formula is C11H13F2N3. The number of imidazole rings is 1. The van der Waals surface area contributed by atoms with E-state index in [1.807, 2.05) is 13.8 Å². The summed E-state index contributed by atoms with van der Waals surface area (Å²) in [5.74, 6) is -1.25. The number of rotatable bonds is 2. The standard InChI is InChI=1S/C11H13F2N3/c1-11(2,14)5-8-15-7-4-3-6(12)9(13)10(7)16-8/h3-4H,5,14H2,1-2H3,(H,15,16). The first kappa shape index (κ1) is 11.0. The van der Waals surface area contributed by atoms with Crippen molar-refractivity contribution < 1.29 is 8.78 Å². The van der Waals surface area contributed by atoms with E-state index in [0.717, 1.165) is 6.07 Å².